The van der Waals surface area contributed by atoms with Gasteiger partial charge in [0.05, 0.1) is 13.2 Å². The quantitative estimate of drug-likeness (QED) is 0.514. The molecule has 1 aromatic heterocycles. The van der Waals surface area contributed by atoms with E-state index in [9.17, 15) is 0 Å². The molecular formula is C22H33N5O. The molecule has 0 saturated heterocycles. The number of benzene rings is 1. The van der Waals surface area contributed by atoms with Gasteiger partial charge in [0.2, 0.25) is 0 Å². The Kier molecular flexibility index (Phi) is 6.95. The predicted octanol–water partition coefficient (Wildman–Crippen LogP) is 3.50. The maximum atomic E-state index is 6.07. The molecule has 1 aliphatic carbocycles. The number of nitrogens with zero attached hydrogens (tertiary/aromatic N) is 3. The van der Waals surface area contributed by atoms with E-state index in [2.05, 4.69) is 64.1 Å². The van der Waals surface area contributed by atoms with Crippen LogP contribution in [0.25, 0.3) is 0 Å². The Morgan fingerprint density at radius 1 is 1.29 bits per heavy atom. The largest absolute Gasteiger partial charge is 0.493 e. The molecule has 0 atom stereocenters. The molecule has 6 nitrogen and oxygen atoms in total. The minimum Gasteiger partial charge on any atom is -0.493 e. The van der Waals surface area contributed by atoms with Gasteiger partial charge in [-0.15, -0.1) is 0 Å². The van der Waals surface area contributed by atoms with Crippen molar-refractivity contribution in [2.45, 2.75) is 53.2 Å². The summed E-state index contributed by atoms with van der Waals surface area (Å²) in [6.45, 7) is 9.61. The summed E-state index contributed by atoms with van der Waals surface area (Å²) in [6, 6.07) is 6.38. The summed E-state index contributed by atoms with van der Waals surface area (Å²) in [5.74, 6) is 4.07. The van der Waals surface area contributed by atoms with Crippen LogP contribution in [0.4, 0.5) is 0 Å². The molecule has 0 bridgehead atoms. The van der Waals surface area contributed by atoms with E-state index in [4.69, 9.17) is 4.74 Å². The number of aliphatic imine (C=N–C) groups is 1. The molecule has 28 heavy (non-hydrogen) atoms. The van der Waals surface area contributed by atoms with Gasteiger partial charge in [-0.3, -0.25) is 4.99 Å². The lowest BCUT2D eigenvalue weighted by molar-refractivity contribution is 0.296. The summed E-state index contributed by atoms with van der Waals surface area (Å²) in [5, 5.41) is 6.75. The molecule has 1 heterocycles. The predicted molar refractivity (Wildman–Crippen MR) is 114 cm³/mol. The van der Waals surface area contributed by atoms with Crippen LogP contribution in [-0.2, 0) is 19.6 Å². The number of imidazole rings is 1. The van der Waals surface area contributed by atoms with Crippen molar-refractivity contribution in [3.05, 3.63) is 47.5 Å². The molecule has 2 aromatic rings. The van der Waals surface area contributed by atoms with E-state index in [0.29, 0.717) is 19.0 Å². The van der Waals surface area contributed by atoms with Gasteiger partial charge in [0.25, 0.3) is 0 Å². The Bertz CT molecular complexity index is 792. The lowest BCUT2D eigenvalue weighted by Gasteiger charge is -2.16. The van der Waals surface area contributed by atoms with Crippen molar-refractivity contribution in [1.29, 1.82) is 0 Å². The molecule has 1 saturated carbocycles. The lowest BCUT2D eigenvalue weighted by atomic mass is 10.1. The summed E-state index contributed by atoms with van der Waals surface area (Å²) >= 11 is 0. The van der Waals surface area contributed by atoms with E-state index < -0.39 is 0 Å². The second-order valence-corrected chi connectivity index (χ2v) is 8.03. The van der Waals surface area contributed by atoms with Gasteiger partial charge in [-0.05, 0) is 43.2 Å². The van der Waals surface area contributed by atoms with E-state index in [0.717, 1.165) is 42.2 Å². The average Bonchev–Trinajstić information content (AvgIpc) is 3.40. The van der Waals surface area contributed by atoms with Crippen LogP contribution < -0.4 is 15.4 Å². The van der Waals surface area contributed by atoms with Gasteiger partial charge in [0, 0.05) is 38.1 Å². The lowest BCUT2D eigenvalue weighted by Crippen LogP contribution is -2.37. The molecule has 1 aliphatic rings. The standard InChI is InChI=1S/C22H33N5O/c1-16(2)14-27-10-9-24-21(27)13-26-22(23-4)25-12-19-8-5-17(3)11-20(19)28-15-18-6-7-18/h5,8-11,16,18H,6-7,12-15H2,1-4H3,(H2,23,25,26). The maximum absolute atomic E-state index is 6.07. The molecule has 2 N–H and O–H groups in total. The molecule has 6 heteroatoms. The number of aromatic nitrogens is 2. The molecule has 1 fully saturated rings. The molecule has 3 rings (SSSR count). The van der Waals surface area contributed by atoms with Gasteiger partial charge in [0.1, 0.15) is 11.6 Å². The van der Waals surface area contributed by atoms with Gasteiger partial charge in [-0.1, -0.05) is 26.0 Å². The third kappa shape index (κ3) is 6.01. The highest BCUT2D eigenvalue weighted by Crippen LogP contribution is 2.30. The third-order valence-electron chi connectivity index (χ3n) is 4.84. The first kappa shape index (κ1) is 20.2. The fourth-order valence-corrected chi connectivity index (χ4v) is 3.06. The molecule has 0 amide bonds. The van der Waals surface area contributed by atoms with Crippen LogP contribution in [0.2, 0.25) is 0 Å². The van der Waals surface area contributed by atoms with Crippen molar-refractivity contribution in [2.75, 3.05) is 13.7 Å². The Hall–Kier alpha value is -2.50. The number of nitrogens with one attached hydrogen (secondary N) is 2. The monoisotopic (exact) mass is 383 g/mol. The number of rotatable bonds is 9. The van der Waals surface area contributed by atoms with Crippen LogP contribution in [0.3, 0.4) is 0 Å². The van der Waals surface area contributed by atoms with Crippen molar-refractivity contribution in [3.63, 3.8) is 0 Å². The number of guanidine groups is 1. The normalized spacial score (nSPS) is 14.4. The highest BCUT2D eigenvalue weighted by Gasteiger charge is 2.22. The summed E-state index contributed by atoms with van der Waals surface area (Å²) in [6.07, 6.45) is 6.47. The average molecular weight is 384 g/mol. The highest BCUT2D eigenvalue weighted by molar-refractivity contribution is 5.79. The van der Waals surface area contributed by atoms with Crippen molar-refractivity contribution in [1.82, 2.24) is 20.2 Å². The van der Waals surface area contributed by atoms with Gasteiger partial charge < -0.3 is 19.9 Å². The van der Waals surface area contributed by atoms with Gasteiger partial charge >= 0.3 is 0 Å². The smallest absolute Gasteiger partial charge is 0.191 e. The number of hydrogen-bond acceptors (Lipinski definition) is 3. The van der Waals surface area contributed by atoms with Crippen LogP contribution >= 0.6 is 0 Å². The zero-order chi connectivity index (χ0) is 19.9. The minimum absolute atomic E-state index is 0.584. The first-order chi connectivity index (χ1) is 13.5. The number of ether oxygens (including phenoxy) is 1. The van der Waals surface area contributed by atoms with E-state index in [-0.39, 0.29) is 0 Å². The van der Waals surface area contributed by atoms with Crippen LogP contribution in [0.1, 0.15) is 43.6 Å². The van der Waals surface area contributed by atoms with E-state index in [1.165, 1.54) is 18.4 Å². The van der Waals surface area contributed by atoms with Gasteiger partial charge in [0.15, 0.2) is 5.96 Å². The fourth-order valence-electron chi connectivity index (χ4n) is 3.06. The first-order valence-corrected chi connectivity index (χ1v) is 10.2. The molecular weight excluding hydrogens is 350 g/mol. The Morgan fingerprint density at radius 3 is 2.79 bits per heavy atom. The van der Waals surface area contributed by atoms with E-state index >= 15 is 0 Å². The van der Waals surface area contributed by atoms with Crippen LogP contribution in [0.5, 0.6) is 5.75 Å². The Balaban J connectivity index is 1.55. The number of aryl methyl sites for hydroxylation is 1. The molecule has 0 spiro atoms. The zero-order valence-corrected chi connectivity index (χ0v) is 17.5. The SMILES string of the molecule is CN=C(NCc1ccc(C)cc1OCC1CC1)NCc1nccn1CC(C)C. The summed E-state index contributed by atoms with van der Waals surface area (Å²) < 4.78 is 8.25. The molecule has 0 aliphatic heterocycles. The van der Waals surface area contributed by atoms with Crippen LogP contribution in [0.15, 0.2) is 35.6 Å². The van der Waals surface area contributed by atoms with Gasteiger partial charge in [-0.25, -0.2) is 4.98 Å². The zero-order valence-electron chi connectivity index (χ0n) is 17.5. The topological polar surface area (TPSA) is 63.5 Å². The Morgan fingerprint density at radius 2 is 2.07 bits per heavy atom. The highest BCUT2D eigenvalue weighted by atomic mass is 16.5. The van der Waals surface area contributed by atoms with Gasteiger partial charge in [-0.2, -0.15) is 0 Å². The summed E-state index contributed by atoms with van der Waals surface area (Å²) in [5.41, 5.74) is 2.37. The van der Waals surface area contributed by atoms with Crippen molar-refractivity contribution < 1.29 is 4.74 Å². The third-order valence-corrected chi connectivity index (χ3v) is 4.84. The molecule has 152 valence electrons. The number of hydrogen-bond donors (Lipinski definition) is 2. The maximum Gasteiger partial charge on any atom is 0.191 e. The minimum atomic E-state index is 0.584. The van der Waals surface area contributed by atoms with Crippen molar-refractivity contribution >= 4 is 5.96 Å². The summed E-state index contributed by atoms with van der Waals surface area (Å²) in [7, 11) is 1.79. The fraction of sp³-hybridized carbons (Fsp3) is 0.545. The first-order valence-electron chi connectivity index (χ1n) is 10.2. The Labute approximate surface area is 168 Å². The second kappa shape index (κ2) is 9.62. The molecule has 0 radical (unpaired) electrons. The molecule has 0 unspecified atom stereocenters. The van der Waals surface area contributed by atoms with Crippen molar-refractivity contribution in [3.8, 4) is 5.75 Å². The van der Waals surface area contributed by atoms with Crippen LogP contribution in [0, 0.1) is 18.8 Å². The van der Waals surface area contributed by atoms with E-state index in [1.54, 1.807) is 7.05 Å². The van der Waals surface area contributed by atoms with Crippen LogP contribution in [-0.4, -0.2) is 29.2 Å². The molecule has 1 aromatic carbocycles. The van der Waals surface area contributed by atoms with Crippen molar-refractivity contribution in [2.24, 2.45) is 16.8 Å². The summed E-state index contributed by atoms with van der Waals surface area (Å²) in [4.78, 5) is 8.80. The van der Waals surface area contributed by atoms with E-state index in [1.807, 2.05) is 12.4 Å². The second-order valence-electron chi connectivity index (χ2n) is 8.03.